The second-order valence-electron chi connectivity index (χ2n) is 6.90. The molecule has 0 bridgehead atoms. The maximum absolute atomic E-state index is 6.02. The van der Waals surface area contributed by atoms with E-state index in [-0.39, 0.29) is 6.04 Å². The zero-order chi connectivity index (χ0) is 17.8. The Morgan fingerprint density at radius 3 is 2.72 bits per heavy atom. The lowest BCUT2D eigenvalue weighted by Gasteiger charge is -2.29. The lowest BCUT2D eigenvalue weighted by atomic mass is 9.89. The van der Waals surface area contributed by atoms with Gasteiger partial charge in [0.1, 0.15) is 6.61 Å². The predicted molar refractivity (Wildman–Crippen MR) is 102 cm³/mol. The van der Waals surface area contributed by atoms with Gasteiger partial charge in [-0.1, -0.05) is 29.8 Å². The van der Waals surface area contributed by atoms with E-state index in [0.29, 0.717) is 6.61 Å². The van der Waals surface area contributed by atoms with Crippen molar-refractivity contribution in [1.29, 1.82) is 0 Å². The molecular formula is C21H28N2O2. The number of nitrogens with one attached hydrogen (secondary N) is 1. The van der Waals surface area contributed by atoms with E-state index in [1.54, 1.807) is 7.11 Å². The highest BCUT2D eigenvalue weighted by Gasteiger charge is 2.24. The van der Waals surface area contributed by atoms with Gasteiger partial charge in [-0.3, -0.25) is 0 Å². The molecule has 2 aromatic carbocycles. The Labute approximate surface area is 150 Å². The largest absolute Gasteiger partial charge is 0.493 e. The van der Waals surface area contributed by atoms with Crippen molar-refractivity contribution in [1.82, 2.24) is 10.2 Å². The maximum Gasteiger partial charge on any atom is 0.161 e. The van der Waals surface area contributed by atoms with Crippen LogP contribution >= 0.6 is 0 Å². The second-order valence-corrected chi connectivity index (χ2v) is 6.90. The fourth-order valence-electron chi connectivity index (χ4n) is 3.32. The Kier molecular flexibility index (Phi) is 5.61. The number of benzene rings is 2. The molecule has 0 aromatic heterocycles. The summed E-state index contributed by atoms with van der Waals surface area (Å²) >= 11 is 0. The number of ether oxygens (including phenoxy) is 2. The van der Waals surface area contributed by atoms with Crippen molar-refractivity contribution in [3.63, 3.8) is 0 Å². The third-order valence-electron chi connectivity index (χ3n) is 4.65. The van der Waals surface area contributed by atoms with E-state index in [2.05, 4.69) is 53.5 Å². The number of fused-ring (bicyclic) bond motifs is 1. The van der Waals surface area contributed by atoms with E-state index < -0.39 is 0 Å². The van der Waals surface area contributed by atoms with Crippen LogP contribution in [0, 0.1) is 6.92 Å². The van der Waals surface area contributed by atoms with Crippen molar-refractivity contribution in [2.24, 2.45) is 0 Å². The van der Waals surface area contributed by atoms with E-state index in [1.807, 2.05) is 14.1 Å². The summed E-state index contributed by atoms with van der Waals surface area (Å²) in [6, 6.07) is 13.2. The first kappa shape index (κ1) is 17.8. The summed E-state index contributed by atoms with van der Waals surface area (Å²) < 4.78 is 11.6. The van der Waals surface area contributed by atoms with Crippen molar-refractivity contribution in [3.05, 3.63) is 58.7 Å². The third-order valence-corrected chi connectivity index (χ3v) is 4.65. The second kappa shape index (κ2) is 7.89. The summed E-state index contributed by atoms with van der Waals surface area (Å²) in [5.74, 6) is 1.65. The molecule has 4 heteroatoms. The van der Waals surface area contributed by atoms with Crippen molar-refractivity contribution < 1.29 is 9.47 Å². The van der Waals surface area contributed by atoms with Gasteiger partial charge in [-0.15, -0.1) is 0 Å². The van der Waals surface area contributed by atoms with Crippen molar-refractivity contribution in [2.45, 2.75) is 19.4 Å². The molecule has 2 aromatic rings. The van der Waals surface area contributed by atoms with E-state index in [0.717, 1.165) is 31.0 Å². The van der Waals surface area contributed by atoms with Crippen LogP contribution in [0.15, 0.2) is 36.4 Å². The van der Waals surface area contributed by atoms with Gasteiger partial charge in [0, 0.05) is 13.1 Å². The molecular weight excluding hydrogens is 312 g/mol. The zero-order valence-electron chi connectivity index (χ0n) is 15.6. The summed E-state index contributed by atoms with van der Waals surface area (Å²) in [4.78, 5) is 2.11. The fraction of sp³-hybridized carbons (Fsp3) is 0.429. The fourth-order valence-corrected chi connectivity index (χ4v) is 3.32. The number of rotatable bonds is 6. The molecule has 0 radical (unpaired) electrons. The van der Waals surface area contributed by atoms with E-state index in [4.69, 9.17) is 9.47 Å². The van der Waals surface area contributed by atoms with Gasteiger partial charge in [-0.2, -0.15) is 0 Å². The molecule has 1 unspecified atom stereocenters. The van der Waals surface area contributed by atoms with Crippen LogP contribution in [0.5, 0.6) is 11.5 Å². The molecule has 0 aliphatic carbocycles. The Balaban J connectivity index is 1.94. The van der Waals surface area contributed by atoms with Crippen molar-refractivity contribution in [2.75, 3.05) is 40.9 Å². The highest BCUT2D eigenvalue weighted by molar-refractivity contribution is 5.51. The van der Waals surface area contributed by atoms with Crippen LogP contribution in [0.1, 0.15) is 28.3 Å². The maximum atomic E-state index is 6.02. The highest BCUT2D eigenvalue weighted by Crippen LogP contribution is 2.37. The molecule has 1 aliphatic heterocycles. The number of nitrogens with zero attached hydrogens (tertiary/aromatic N) is 1. The van der Waals surface area contributed by atoms with Gasteiger partial charge in [-0.25, -0.2) is 0 Å². The molecule has 0 saturated heterocycles. The molecule has 1 heterocycles. The summed E-state index contributed by atoms with van der Waals surface area (Å²) in [7, 11) is 5.80. The van der Waals surface area contributed by atoms with Gasteiger partial charge in [0.15, 0.2) is 11.5 Å². The van der Waals surface area contributed by atoms with Gasteiger partial charge in [0.05, 0.1) is 13.2 Å². The Morgan fingerprint density at radius 1 is 1.16 bits per heavy atom. The standard InChI is InChI=1S/C21H28N2O2/c1-15-6-5-7-17(12-15)21-18-14-20(25-11-10-23(2)3)19(24-4)13-16(18)8-9-22-21/h5-7,12-14,21-22H,8-11H2,1-4H3. The lowest BCUT2D eigenvalue weighted by molar-refractivity contribution is 0.250. The van der Waals surface area contributed by atoms with Gasteiger partial charge in [0.2, 0.25) is 0 Å². The first-order valence-corrected chi connectivity index (χ1v) is 8.87. The normalized spacial score (nSPS) is 16.6. The van der Waals surface area contributed by atoms with E-state index >= 15 is 0 Å². The Hall–Kier alpha value is -2.04. The van der Waals surface area contributed by atoms with Crippen molar-refractivity contribution in [3.8, 4) is 11.5 Å². The summed E-state index contributed by atoms with van der Waals surface area (Å²) in [5.41, 5.74) is 5.20. The minimum Gasteiger partial charge on any atom is -0.493 e. The zero-order valence-corrected chi connectivity index (χ0v) is 15.6. The van der Waals surface area contributed by atoms with Gasteiger partial charge < -0.3 is 19.7 Å². The summed E-state index contributed by atoms with van der Waals surface area (Å²) in [6.07, 6.45) is 1.01. The minimum absolute atomic E-state index is 0.200. The Bertz CT molecular complexity index is 728. The highest BCUT2D eigenvalue weighted by atomic mass is 16.5. The average Bonchev–Trinajstić information content (AvgIpc) is 2.60. The molecule has 1 aliphatic rings. The topological polar surface area (TPSA) is 33.7 Å². The lowest BCUT2D eigenvalue weighted by Crippen LogP contribution is -2.30. The smallest absolute Gasteiger partial charge is 0.161 e. The molecule has 0 spiro atoms. The monoisotopic (exact) mass is 340 g/mol. The number of hydrogen-bond acceptors (Lipinski definition) is 4. The SMILES string of the molecule is COc1cc2c(cc1OCCN(C)C)C(c1cccc(C)c1)NCC2. The summed E-state index contributed by atoms with van der Waals surface area (Å²) in [6.45, 7) is 4.62. The molecule has 1 N–H and O–H groups in total. The Morgan fingerprint density at radius 2 is 2.00 bits per heavy atom. The molecule has 134 valence electrons. The van der Waals surface area contributed by atoms with Crippen LogP contribution in [0.2, 0.25) is 0 Å². The quantitative estimate of drug-likeness (QED) is 0.876. The molecule has 0 fully saturated rings. The third kappa shape index (κ3) is 4.14. The minimum atomic E-state index is 0.200. The van der Waals surface area contributed by atoms with Crippen molar-refractivity contribution >= 4 is 0 Å². The van der Waals surface area contributed by atoms with Gasteiger partial charge >= 0.3 is 0 Å². The number of methoxy groups -OCH3 is 1. The van der Waals surface area contributed by atoms with Crippen LogP contribution in [-0.4, -0.2) is 45.8 Å². The summed E-state index contributed by atoms with van der Waals surface area (Å²) in [5, 5.41) is 3.65. The molecule has 1 atom stereocenters. The first-order chi connectivity index (χ1) is 12.1. The van der Waals surface area contributed by atoms with E-state index in [9.17, 15) is 0 Å². The van der Waals surface area contributed by atoms with Crippen LogP contribution < -0.4 is 14.8 Å². The van der Waals surface area contributed by atoms with Crippen LogP contribution in [0.4, 0.5) is 0 Å². The predicted octanol–water partition coefficient (Wildman–Crippen LogP) is 3.18. The number of hydrogen-bond donors (Lipinski definition) is 1. The van der Waals surface area contributed by atoms with Crippen LogP contribution in [-0.2, 0) is 6.42 Å². The molecule has 3 rings (SSSR count). The molecule has 0 saturated carbocycles. The van der Waals surface area contributed by atoms with Gasteiger partial charge in [-0.05, 0) is 56.3 Å². The molecule has 25 heavy (non-hydrogen) atoms. The van der Waals surface area contributed by atoms with Gasteiger partial charge in [0.25, 0.3) is 0 Å². The van der Waals surface area contributed by atoms with Crippen LogP contribution in [0.25, 0.3) is 0 Å². The first-order valence-electron chi connectivity index (χ1n) is 8.87. The molecule has 4 nitrogen and oxygen atoms in total. The van der Waals surface area contributed by atoms with Crippen LogP contribution in [0.3, 0.4) is 0 Å². The number of aryl methyl sites for hydroxylation is 1. The molecule has 0 amide bonds. The number of likely N-dealkylation sites (N-methyl/N-ethyl adjacent to an activating group) is 1. The van der Waals surface area contributed by atoms with E-state index in [1.165, 1.54) is 22.3 Å². The average molecular weight is 340 g/mol.